The fraction of sp³-hybridized carbons (Fsp3) is 0.500. The molecule has 2 rings (SSSR count). The third-order valence-corrected chi connectivity index (χ3v) is 3.32. The number of aliphatic carboxylic acids is 1. The first-order chi connectivity index (χ1) is 9.63. The van der Waals surface area contributed by atoms with Gasteiger partial charge in [0.05, 0.1) is 18.3 Å². The maximum atomic E-state index is 11.5. The number of hydrogen-bond acceptors (Lipinski definition) is 4. The molecule has 1 heterocycles. The predicted molar refractivity (Wildman–Crippen MR) is 75.6 cm³/mol. The Kier molecular flexibility index (Phi) is 4.92. The number of carboxylic acids is 1. The van der Waals surface area contributed by atoms with Crippen LogP contribution in [0.5, 0.6) is 0 Å². The highest BCUT2D eigenvalue weighted by Crippen LogP contribution is 2.21. The van der Waals surface area contributed by atoms with E-state index in [0.29, 0.717) is 11.7 Å². The van der Waals surface area contributed by atoms with Crippen molar-refractivity contribution in [3.05, 3.63) is 18.3 Å². The van der Waals surface area contributed by atoms with Crippen LogP contribution in [0.15, 0.2) is 18.3 Å². The Morgan fingerprint density at radius 3 is 2.60 bits per heavy atom. The normalized spacial score (nSPS) is 15.0. The van der Waals surface area contributed by atoms with Crippen molar-refractivity contribution in [2.75, 3.05) is 10.6 Å². The van der Waals surface area contributed by atoms with Gasteiger partial charge in [-0.15, -0.1) is 0 Å². The second-order valence-electron chi connectivity index (χ2n) is 5.00. The molecule has 0 spiro atoms. The molecular formula is C14H19N3O3. The number of carboxylic acid groups (broad SMARTS) is 1. The average Bonchev–Trinajstić information content (AvgIpc) is 2.92. The molecule has 0 atom stereocenters. The number of carbonyl (C=O) groups is 2. The maximum Gasteiger partial charge on any atom is 0.303 e. The molecular weight excluding hydrogens is 258 g/mol. The minimum atomic E-state index is -0.977. The zero-order valence-electron chi connectivity index (χ0n) is 11.3. The molecule has 6 nitrogen and oxygen atoms in total. The Bertz CT molecular complexity index is 467. The smallest absolute Gasteiger partial charge is 0.303 e. The summed E-state index contributed by atoms with van der Waals surface area (Å²) in [5.41, 5.74) is 0.581. The van der Waals surface area contributed by atoms with Gasteiger partial charge in [0.2, 0.25) is 5.91 Å². The van der Waals surface area contributed by atoms with E-state index in [4.69, 9.17) is 5.11 Å². The molecule has 1 amide bonds. The molecule has 108 valence electrons. The molecule has 20 heavy (non-hydrogen) atoms. The highest BCUT2D eigenvalue weighted by Gasteiger charge is 2.14. The summed E-state index contributed by atoms with van der Waals surface area (Å²) in [6.07, 6.45) is 6.25. The second-order valence-corrected chi connectivity index (χ2v) is 5.00. The van der Waals surface area contributed by atoms with E-state index in [-0.39, 0.29) is 18.7 Å². The van der Waals surface area contributed by atoms with Crippen molar-refractivity contribution in [1.29, 1.82) is 0 Å². The number of aromatic nitrogens is 1. The summed E-state index contributed by atoms with van der Waals surface area (Å²) in [7, 11) is 0. The number of anilines is 2. The molecule has 0 unspecified atom stereocenters. The van der Waals surface area contributed by atoms with E-state index in [0.717, 1.165) is 5.82 Å². The zero-order valence-corrected chi connectivity index (χ0v) is 11.3. The van der Waals surface area contributed by atoms with Crippen LogP contribution in [0, 0.1) is 0 Å². The summed E-state index contributed by atoms with van der Waals surface area (Å²) in [4.78, 5) is 26.1. The molecule has 1 aromatic rings. The summed E-state index contributed by atoms with van der Waals surface area (Å²) >= 11 is 0. The van der Waals surface area contributed by atoms with E-state index in [1.165, 1.54) is 25.7 Å². The van der Waals surface area contributed by atoms with Crippen molar-refractivity contribution in [3.63, 3.8) is 0 Å². The molecule has 0 aliphatic heterocycles. The Balaban J connectivity index is 1.81. The van der Waals surface area contributed by atoms with Crippen LogP contribution in [0.25, 0.3) is 0 Å². The molecule has 1 aliphatic carbocycles. The summed E-state index contributed by atoms with van der Waals surface area (Å²) in [6, 6.07) is 4.09. The average molecular weight is 277 g/mol. The highest BCUT2D eigenvalue weighted by atomic mass is 16.4. The van der Waals surface area contributed by atoms with Gasteiger partial charge in [-0.1, -0.05) is 12.8 Å². The summed E-state index contributed by atoms with van der Waals surface area (Å²) in [5, 5.41) is 14.5. The maximum absolute atomic E-state index is 11.5. The fourth-order valence-electron chi connectivity index (χ4n) is 2.28. The lowest BCUT2D eigenvalue weighted by molar-refractivity contribution is -0.138. The van der Waals surface area contributed by atoms with Gasteiger partial charge < -0.3 is 15.7 Å². The Labute approximate surface area is 117 Å². The summed E-state index contributed by atoms with van der Waals surface area (Å²) < 4.78 is 0. The van der Waals surface area contributed by atoms with Crippen LogP contribution >= 0.6 is 0 Å². The predicted octanol–water partition coefficient (Wildman–Crippen LogP) is 2.24. The largest absolute Gasteiger partial charge is 0.481 e. The van der Waals surface area contributed by atoms with Crippen molar-refractivity contribution in [2.24, 2.45) is 0 Å². The molecule has 0 aromatic carbocycles. The van der Waals surface area contributed by atoms with E-state index in [1.54, 1.807) is 12.3 Å². The Hall–Kier alpha value is -2.11. The van der Waals surface area contributed by atoms with Gasteiger partial charge in [0.25, 0.3) is 0 Å². The highest BCUT2D eigenvalue weighted by molar-refractivity contribution is 5.92. The first-order valence-corrected chi connectivity index (χ1v) is 6.88. The molecule has 1 aliphatic rings. The van der Waals surface area contributed by atoms with Crippen LogP contribution in [0.2, 0.25) is 0 Å². The van der Waals surface area contributed by atoms with Crippen LogP contribution in [-0.2, 0) is 9.59 Å². The monoisotopic (exact) mass is 277 g/mol. The quantitative estimate of drug-likeness (QED) is 0.741. The first kappa shape index (κ1) is 14.3. The SMILES string of the molecule is O=C(O)CCC(=O)Nc1ccc(NC2CCCC2)nc1. The number of amides is 1. The number of hydrogen-bond donors (Lipinski definition) is 3. The van der Waals surface area contributed by atoms with E-state index in [2.05, 4.69) is 15.6 Å². The van der Waals surface area contributed by atoms with Crippen LogP contribution < -0.4 is 10.6 Å². The van der Waals surface area contributed by atoms with Gasteiger partial charge >= 0.3 is 5.97 Å². The number of pyridine rings is 1. The lowest BCUT2D eigenvalue weighted by atomic mass is 10.2. The van der Waals surface area contributed by atoms with Crippen LogP contribution in [0.1, 0.15) is 38.5 Å². The lowest BCUT2D eigenvalue weighted by Gasteiger charge is -2.12. The minimum Gasteiger partial charge on any atom is -0.481 e. The van der Waals surface area contributed by atoms with Gasteiger partial charge in [0.1, 0.15) is 5.82 Å². The van der Waals surface area contributed by atoms with Crippen molar-refractivity contribution < 1.29 is 14.7 Å². The molecule has 3 N–H and O–H groups in total. The second kappa shape index (κ2) is 6.88. The minimum absolute atomic E-state index is 0.0303. The van der Waals surface area contributed by atoms with Gasteiger partial charge in [-0.05, 0) is 25.0 Å². The molecule has 6 heteroatoms. The van der Waals surface area contributed by atoms with E-state index in [1.807, 2.05) is 6.07 Å². The van der Waals surface area contributed by atoms with Crippen molar-refractivity contribution in [1.82, 2.24) is 4.98 Å². The molecule has 0 radical (unpaired) electrons. The Morgan fingerprint density at radius 1 is 1.25 bits per heavy atom. The number of nitrogens with one attached hydrogen (secondary N) is 2. The molecule has 1 aromatic heterocycles. The topological polar surface area (TPSA) is 91.3 Å². The van der Waals surface area contributed by atoms with Gasteiger partial charge in [0.15, 0.2) is 0 Å². The van der Waals surface area contributed by atoms with Crippen molar-refractivity contribution >= 4 is 23.4 Å². The van der Waals surface area contributed by atoms with Crippen molar-refractivity contribution in [2.45, 2.75) is 44.6 Å². The van der Waals surface area contributed by atoms with Crippen LogP contribution in [-0.4, -0.2) is 28.0 Å². The Morgan fingerprint density at radius 2 is 2.00 bits per heavy atom. The summed E-state index contributed by atoms with van der Waals surface area (Å²) in [6.45, 7) is 0. The lowest BCUT2D eigenvalue weighted by Crippen LogP contribution is -2.16. The molecule has 1 fully saturated rings. The molecule has 0 saturated heterocycles. The van der Waals surface area contributed by atoms with E-state index >= 15 is 0 Å². The molecule has 0 bridgehead atoms. The van der Waals surface area contributed by atoms with Crippen molar-refractivity contribution in [3.8, 4) is 0 Å². The third-order valence-electron chi connectivity index (χ3n) is 3.32. The third kappa shape index (κ3) is 4.53. The zero-order chi connectivity index (χ0) is 14.4. The van der Waals surface area contributed by atoms with Crippen LogP contribution in [0.3, 0.4) is 0 Å². The number of carbonyl (C=O) groups excluding carboxylic acids is 1. The van der Waals surface area contributed by atoms with Crippen LogP contribution in [0.4, 0.5) is 11.5 Å². The van der Waals surface area contributed by atoms with E-state index in [9.17, 15) is 9.59 Å². The fourth-order valence-corrected chi connectivity index (χ4v) is 2.28. The number of nitrogens with zero attached hydrogens (tertiary/aromatic N) is 1. The van der Waals surface area contributed by atoms with Gasteiger partial charge in [-0.25, -0.2) is 4.98 Å². The van der Waals surface area contributed by atoms with Gasteiger partial charge in [-0.3, -0.25) is 9.59 Å². The summed E-state index contributed by atoms with van der Waals surface area (Å²) in [5.74, 6) is -0.486. The first-order valence-electron chi connectivity index (χ1n) is 6.88. The van der Waals surface area contributed by atoms with Gasteiger partial charge in [0, 0.05) is 12.5 Å². The molecule has 1 saturated carbocycles. The van der Waals surface area contributed by atoms with Gasteiger partial charge in [-0.2, -0.15) is 0 Å². The standard InChI is InChI=1S/C14H19N3O3/c18-13(7-8-14(19)20)17-11-5-6-12(15-9-11)16-10-3-1-2-4-10/h5-6,9-10H,1-4,7-8H2,(H,15,16)(H,17,18)(H,19,20). The number of rotatable bonds is 6. The van der Waals surface area contributed by atoms with E-state index < -0.39 is 5.97 Å².